The summed E-state index contributed by atoms with van der Waals surface area (Å²) in [6.45, 7) is 5.13. The summed E-state index contributed by atoms with van der Waals surface area (Å²) in [5, 5.41) is 4.27. The van der Waals surface area contributed by atoms with Gasteiger partial charge in [0.2, 0.25) is 0 Å². The molecular formula is C21H22N4S. The highest BCUT2D eigenvalue weighted by atomic mass is 32.1. The molecule has 0 radical (unpaired) electrons. The highest BCUT2D eigenvalue weighted by Gasteiger charge is 2.40. The van der Waals surface area contributed by atoms with E-state index in [-0.39, 0.29) is 12.1 Å². The Hall–Kier alpha value is -2.66. The fourth-order valence-corrected chi connectivity index (χ4v) is 4.13. The normalized spacial score (nSPS) is 19.6. The first-order valence-electron chi connectivity index (χ1n) is 8.92. The van der Waals surface area contributed by atoms with E-state index in [0.717, 1.165) is 17.4 Å². The molecule has 132 valence electrons. The Kier molecular flexibility index (Phi) is 4.47. The molecule has 0 unspecified atom stereocenters. The molecule has 0 bridgehead atoms. The number of aromatic nitrogens is 2. The molecule has 1 aliphatic heterocycles. The maximum Gasteiger partial charge on any atom is 0.170 e. The summed E-state index contributed by atoms with van der Waals surface area (Å²) in [6.07, 6.45) is 3.97. The van der Waals surface area contributed by atoms with Gasteiger partial charge in [-0.05, 0) is 62.0 Å². The maximum atomic E-state index is 5.63. The van der Waals surface area contributed by atoms with Crippen LogP contribution in [0.3, 0.4) is 0 Å². The number of pyridine rings is 1. The molecule has 1 fully saturated rings. The zero-order chi connectivity index (χ0) is 18.1. The molecule has 26 heavy (non-hydrogen) atoms. The number of aryl methyl sites for hydroxylation is 1. The first kappa shape index (κ1) is 16.8. The second kappa shape index (κ2) is 6.92. The minimum absolute atomic E-state index is 0.0290. The van der Waals surface area contributed by atoms with E-state index in [1.54, 1.807) is 0 Å². The lowest BCUT2D eigenvalue weighted by atomic mass is 10.0. The van der Waals surface area contributed by atoms with Crippen molar-refractivity contribution >= 4 is 17.3 Å². The van der Waals surface area contributed by atoms with Crippen molar-refractivity contribution in [2.75, 3.05) is 6.54 Å². The van der Waals surface area contributed by atoms with Crippen LogP contribution in [0.5, 0.6) is 0 Å². The number of nitrogens with one attached hydrogen (secondary N) is 1. The van der Waals surface area contributed by atoms with Crippen LogP contribution in [0.4, 0.5) is 0 Å². The van der Waals surface area contributed by atoms with E-state index >= 15 is 0 Å². The van der Waals surface area contributed by atoms with Gasteiger partial charge in [0.05, 0.1) is 17.8 Å². The van der Waals surface area contributed by atoms with Gasteiger partial charge in [-0.25, -0.2) is 0 Å². The van der Waals surface area contributed by atoms with Crippen LogP contribution >= 0.6 is 12.2 Å². The Bertz CT molecular complexity index is 919. The highest BCUT2D eigenvalue weighted by Crippen LogP contribution is 2.39. The third kappa shape index (κ3) is 2.78. The smallest absolute Gasteiger partial charge is 0.170 e. The molecule has 1 aliphatic rings. The Labute approximate surface area is 159 Å². The van der Waals surface area contributed by atoms with Crippen LogP contribution in [0.2, 0.25) is 0 Å². The van der Waals surface area contributed by atoms with E-state index in [1.807, 2.05) is 18.3 Å². The Balaban J connectivity index is 1.83. The van der Waals surface area contributed by atoms with Crippen molar-refractivity contribution in [3.63, 3.8) is 0 Å². The molecule has 0 spiro atoms. The molecule has 3 aromatic rings. The maximum absolute atomic E-state index is 5.63. The standard InChI is InChI=1S/C21H22N4S/c1-3-24-20(19(23-21(24)26)16-10-6-7-13-22-16)18-12-8-14-25(18)17-11-5-4-9-15(17)2/h4-14,19-20H,3H2,1-2H3,(H,23,26)/t19-,20+/m1/s1. The third-order valence-electron chi connectivity index (χ3n) is 5.00. The third-order valence-corrected chi connectivity index (χ3v) is 5.35. The predicted octanol–water partition coefficient (Wildman–Crippen LogP) is 4.17. The SMILES string of the molecule is CCN1C(=S)N[C@H](c2ccccn2)[C@@H]1c1cccn1-c1ccccc1C. The van der Waals surface area contributed by atoms with Crippen molar-refractivity contribution < 1.29 is 0 Å². The molecule has 1 aromatic carbocycles. The van der Waals surface area contributed by atoms with Crippen molar-refractivity contribution in [3.05, 3.63) is 83.9 Å². The van der Waals surface area contributed by atoms with E-state index in [9.17, 15) is 0 Å². The summed E-state index contributed by atoms with van der Waals surface area (Å²) >= 11 is 5.63. The lowest BCUT2D eigenvalue weighted by molar-refractivity contribution is 0.321. The van der Waals surface area contributed by atoms with Gasteiger partial charge >= 0.3 is 0 Å². The fraction of sp³-hybridized carbons (Fsp3) is 0.238. The van der Waals surface area contributed by atoms with Gasteiger partial charge in [-0.1, -0.05) is 24.3 Å². The molecule has 0 amide bonds. The van der Waals surface area contributed by atoms with Gasteiger partial charge in [0.25, 0.3) is 0 Å². The van der Waals surface area contributed by atoms with Crippen molar-refractivity contribution in [1.82, 2.24) is 19.8 Å². The number of benzene rings is 1. The van der Waals surface area contributed by atoms with E-state index in [1.165, 1.54) is 16.9 Å². The number of nitrogens with zero attached hydrogens (tertiary/aromatic N) is 3. The van der Waals surface area contributed by atoms with Crippen LogP contribution in [0.25, 0.3) is 5.69 Å². The monoisotopic (exact) mass is 362 g/mol. The molecule has 4 rings (SSSR count). The van der Waals surface area contributed by atoms with Crippen molar-refractivity contribution in [2.24, 2.45) is 0 Å². The zero-order valence-electron chi connectivity index (χ0n) is 15.0. The molecular weight excluding hydrogens is 340 g/mol. The number of thiocarbonyl (C=S) groups is 1. The lowest BCUT2D eigenvalue weighted by Crippen LogP contribution is -2.30. The second-order valence-electron chi connectivity index (χ2n) is 6.50. The Morgan fingerprint density at radius 2 is 1.88 bits per heavy atom. The van der Waals surface area contributed by atoms with Gasteiger partial charge < -0.3 is 14.8 Å². The van der Waals surface area contributed by atoms with Crippen LogP contribution in [-0.2, 0) is 0 Å². The predicted molar refractivity (Wildman–Crippen MR) is 108 cm³/mol. The largest absolute Gasteiger partial charge is 0.352 e. The average molecular weight is 363 g/mol. The van der Waals surface area contributed by atoms with Crippen molar-refractivity contribution in [3.8, 4) is 5.69 Å². The number of likely N-dealkylation sites (N-methyl/N-ethyl adjacent to an activating group) is 1. The Morgan fingerprint density at radius 3 is 2.62 bits per heavy atom. The van der Waals surface area contributed by atoms with Crippen LogP contribution in [0.1, 0.15) is 36.0 Å². The topological polar surface area (TPSA) is 33.1 Å². The number of para-hydroxylation sites is 1. The van der Waals surface area contributed by atoms with Gasteiger partial charge in [-0.3, -0.25) is 4.98 Å². The van der Waals surface area contributed by atoms with Gasteiger partial charge in [0, 0.05) is 30.3 Å². The van der Waals surface area contributed by atoms with Gasteiger partial charge in [-0.15, -0.1) is 0 Å². The van der Waals surface area contributed by atoms with Gasteiger partial charge in [0.15, 0.2) is 5.11 Å². The summed E-state index contributed by atoms with van der Waals surface area (Å²) in [7, 11) is 0. The van der Waals surface area contributed by atoms with Crippen LogP contribution < -0.4 is 5.32 Å². The molecule has 0 aliphatic carbocycles. The summed E-state index contributed by atoms with van der Waals surface area (Å²) in [5.74, 6) is 0. The molecule has 5 heteroatoms. The average Bonchev–Trinajstić information content (AvgIpc) is 3.26. The van der Waals surface area contributed by atoms with Crippen LogP contribution in [0, 0.1) is 6.92 Å². The molecule has 2 atom stereocenters. The first-order valence-corrected chi connectivity index (χ1v) is 9.33. The summed E-state index contributed by atoms with van der Waals surface area (Å²) in [4.78, 5) is 6.83. The number of hydrogen-bond donors (Lipinski definition) is 1. The van der Waals surface area contributed by atoms with E-state index in [2.05, 4.69) is 82.3 Å². The molecule has 3 heterocycles. The fourth-order valence-electron chi connectivity index (χ4n) is 3.76. The van der Waals surface area contributed by atoms with E-state index in [4.69, 9.17) is 12.2 Å². The number of rotatable bonds is 4. The molecule has 2 aromatic heterocycles. The van der Waals surface area contributed by atoms with Gasteiger partial charge in [-0.2, -0.15) is 0 Å². The van der Waals surface area contributed by atoms with Crippen molar-refractivity contribution in [1.29, 1.82) is 0 Å². The summed E-state index contributed by atoms with van der Waals surface area (Å²) in [5.41, 5.74) is 4.66. The summed E-state index contributed by atoms with van der Waals surface area (Å²) in [6, 6.07) is 18.9. The van der Waals surface area contributed by atoms with Crippen LogP contribution in [-0.4, -0.2) is 26.1 Å². The molecule has 1 saturated heterocycles. The van der Waals surface area contributed by atoms with Crippen LogP contribution in [0.15, 0.2) is 67.0 Å². The number of hydrogen-bond acceptors (Lipinski definition) is 2. The highest BCUT2D eigenvalue weighted by molar-refractivity contribution is 7.80. The first-order chi connectivity index (χ1) is 12.7. The van der Waals surface area contributed by atoms with E-state index < -0.39 is 0 Å². The molecule has 1 N–H and O–H groups in total. The molecule has 0 saturated carbocycles. The minimum atomic E-state index is 0.0290. The zero-order valence-corrected chi connectivity index (χ0v) is 15.8. The minimum Gasteiger partial charge on any atom is -0.352 e. The molecule has 4 nitrogen and oxygen atoms in total. The summed E-state index contributed by atoms with van der Waals surface area (Å²) < 4.78 is 2.27. The van der Waals surface area contributed by atoms with E-state index in [0.29, 0.717) is 0 Å². The van der Waals surface area contributed by atoms with Gasteiger partial charge in [0.1, 0.15) is 0 Å². The quantitative estimate of drug-likeness (QED) is 0.706. The Morgan fingerprint density at radius 1 is 1.08 bits per heavy atom. The second-order valence-corrected chi connectivity index (χ2v) is 6.89. The van der Waals surface area contributed by atoms with Crippen molar-refractivity contribution in [2.45, 2.75) is 25.9 Å². The lowest BCUT2D eigenvalue weighted by Gasteiger charge is -2.28.